The fourth-order valence-corrected chi connectivity index (χ4v) is 10.6. The summed E-state index contributed by atoms with van der Waals surface area (Å²) in [7, 11) is 0. The van der Waals surface area contributed by atoms with E-state index >= 15 is 0 Å². The van der Waals surface area contributed by atoms with Gasteiger partial charge in [-0.3, -0.25) is 0 Å². The largest absolute Gasteiger partial charge is 0.309 e. The van der Waals surface area contributed by atoms with Gasteiger partial charge in [-0.15, -0.1) is 0 Å². The molecule has 2 bridgehead atoms. The molecule has 2 heteroatoms. The Kier molecular flexibility index (Phi) is 3.75. The average molecular weight is 561 g/mol. The summed E-state index contributed by atoms with van der Waals surface area (Å²) in [5, 5.41) is 5.48. The Labute approximate surface area is 254 Å². The minimum Gasteiger partial charge on any atom is -0.309 e. The summed E-state index contributed by atoms with van der Waals surface area (Å²) >= 11 is 0. The first kappa shape index (κ1) is 22.5. The Morgan fingerprint density at radius 1 is 0.568 bits per heavy atom. The Morgan fingerprint density at radius 3 is 2.11 bits per heavy atom. The molecule has 0 N–H and O–H groups in total. The lowest BCUT2D eigenvalue weighted by atomic mass is 9.60. The predicted octanol–water partition coefficient (Wildman–Crippen LogP) is 10.4. The van der Waals surface area contributed by atoms with Crippen LogP contribution >= 0.6 is 0 Å². The van der Waals surface area contributed by atoms with Crippen LogP contribution in [0.5, 0.6) is 0 Å². The maximum absolute atomic E-state index is 2.65. The molecule has 0 radical (unpaired) electrons. The van der Waals surface area contributed by atoms with E-state index in [1.807, 2.05) is 0 Å². The van der Waals surface area contributed by atoms with E-state index in [0.717, 1.165) is 0 Å². The van der Waals surface area contributed by atoms with Crippen molar-refractivity contribution in [3.05, 3.63) is 144 Å². The molecular formula is C42H28N2. The van der Waals surface area contributed by atoms with Crippen LogP contribution in [0.15, 0.2) is 121 Å². The first-order chi connectivity index (χ1) is 21.9. The fourth-order valence-electron chi connectivity index (χ4n) is 10.6. The van der Waals surface area contributed by atoms with Crippen LogP contribution in [0, 0.1) is 5.92 Å². The lowest BCUT2D eigenvalue weighted by molar-refractivity contribution is 0.388. The molecule has 8 aromatic rings. The highest BCUT2D eigenvalue weighted by Gasteiger charge is 2.61. The molecule has 0 saturated heterocycles. The third kappa shape index (κ3) is 2.24. The second-order valence-corrected chi connectivity index (χ2v) is 13.5. The van der Waals surface area contributed by atoms with Crippen molar-refractivity contribution in [2.75, 3.05) is 0 Å². The number of rotatable bonds is 1. The molecule has 1 saturated carbocycles. The number of aromatic nitrogens is 2. The Balaban J connectivity index is 1.45. The normalized spacial score (nSPS) is 21.9. The third-order valence-electron chi connectivity index (χ3n) is 11.9. The van der Waals surface area contributed by atoms with Gasteiger partial charge in [-0.2, -0.15) is 0 Å². The van der Waals surface area contributed by atoms with Crippen LogP contribution < -0.4 is 0 Å². The number of fused-ring (bicyclic) bond motifs is 12. The van der Waals surface area contributed by atoms with Crippen molar-refractivity contribution in [2.24, 2.45) is 5.92 Å². The second-order valence-electron chi connectivity index (χ2n) is 13.5. The first-order valence-corrected chi connectivity index (χ1v) is 16.2. The van der Waals surface area contributed by atoms with E-state index in [1.165, 1.54) is 90.9 Å². The van der Waals surface area contributed by atoms with Crippen LogP contribution in [0.2, 0.25) is 0 Å². The summed E-state index contributed by atoms with van der Waals surface area (Å²) in [6, 6.07) is 46.6. The van der Waals surface area contributed by atoms with E-state index in [0.29, 0.717) is 11.8 Å². The quantitative estimate of drug-likeness (QED) is 0.189. The van der Waals surface area contributed by atoms with Gasteiger partial charge >= 0.3 is 0 Å². The van der Waals surface area contributed by atoms with Gasteiger partial charge in [0.2, 0.25) is 0 Å². The Bertz CT molecular complexity index is 2600. The summed E-state index contributed by atoms with van der Waals surface area (Å²) in [6.45, 7) is 0. The molecule has 3 unspecified atom stereocenters. The first-order valence-electron chi connectivity index (χ1n) is 16.2. The van der Waals surface area contributed by atoms with Crippen LogP contribution in [0.3, 0.4) is 0 Å². The fraction of sp³-hybridized carbons (Fsp3) is 0.143. The van der Waals surface area contributed by atoms with E-state index in [4.69, 9.17) is 0 Å². The lowest BCUT2D eigenvalue weighted by Crippen LogP contribution is -2.38. The van der Waals surface area contributed by atoms with Crippen LogP contribution in [-0.4, -0.2) is 9.13 Å². The Morgan fingerprint density at radius 2 is 1.30 bits per heavy atom. The van der Waals surface area contributed by atoms with Gasteiger partial charge in [0.25, 0.3) is 0 Å². The monoisotopic (exact) mass is 560 g/mol. The summed E-state index contributed by atoms with van der Waals surface area (Å²) in [5.74, 6) is 1.11. The number of benzene rings is 6. The van der Waals surface area contributed by atoms with E-state index in [1.54, 1.807) is 16.7 Å². The number of hydrogen-bond donors (Lipinski definition) is 0. The molecule has 3 atom stereocenters. The highest BCUT2D eigenvalue weighted by atomic mass is 15.0. The average Bonchev–Trinajstić information content (AvgIpc) is 3.82. The van der Waals surface area contributed by atoms with Gasteiger partial charge in [-0.05, 0) is 88.9 Å². The molecule has 2 aliphatic carbocycles. The van der Waals surface area contributed by atoms with Crippen molar-refractivity contribution in [3.8, 4) is 22.5 Å². The van der Waals surface area contributed by atoms with Crippen LogP contribution in [0.4, 0.5) is 0 Å². The zero-order chi connectivity index (χ0) is 28.3. The van der Waals surface area contributed by atoms with Crippen molar-refractivity contribution >= 4 is 43.6 Å². The van der Waals surface area contributed by atoms with Gasteiger partial charge in [0, 0.05) is 32.8 Å². The smallest absolute Gasteiger partial charge is 0.0607 e. The zero-order valence-electron chi connectivity index (χ0n) is 24.2. The highest BCUT2D eigenvalue weighted by molar-refractivity contribution is 6.23. The van der Waals surface area contributed by atoms with Crippen LogP contribution in [0.25, 0.3) is 66.1 Å². The van der Waals surface area contributed by atoms with E-state index < -0.39 is 0 Å². The zero-order valence-corrected chi connectivity index (χ0v) is 24.2. The second kappa shape index (κ2) is 7.34. The molecule has 4 heterocycles. The van der Waals surface area contributed by atoms with Crippen LogP contribution in [0.1, 0.15) is 47.4 Å². The van der Waals surface area contributed by atoms with Gasteiger partial charge in [0.05, 0.1) is 33.2 Å². The molecular weight excluding hydrogens is 532 g/mol. The third-order valence-corrected chi connectivity index (χ3v) is 11.9. The predicted molar refractivity (Wildman–Crippen MR) is 181 cm³/mol. The van der Waals surface area contributed by atoms with E-state index in [9.17, 15) is 0 Å². The van der Waals surface area contributed by atoms with Gasteiger partial charge in [-0.1, -0.05) is 91.3 Å². The summed E-state index contributed by atoms with van der Waals surface area (Å²) in [6.07, 6.45) is 3.84. The molecule has 1 spiro atoms. The molecule has 4 aliphatic rings. The molecule has 2 aromatic heterocycles. The molecule has 206 valence electrons. The summed E-state index contributed by atoms with van der Waals surface area (Å²) in [4.78, 5) is 0. The molecule has 0 amide bonds. The van der Waals surface area contributed by atoms with Crippen molar-refractivity contribution in [1.29, 1.82) is 0 Å². The Hall–Kier alpha value is -5.08. The SMILES string of the molecule is c1ccc(-c2ccc3cc2C24c5c(cccc5-n5c6ccccc6c6cc7c8ccccc8n-3c7c2c65)C2CCCC24)cc1. The summed E-state index contributed by atoms with van der Waals surface area (Å²) < 4.78 is 5.26. The highest BCUT2D eigenvalue weighted by Crippen LogP contribution is 2.70. The van der Waals surface area contributed by atoms with Gasteiger partial charge in [-0.25, -0.2) is 0 Å². The molecule has 12 rings (SSSR count). The molecule has 2 aliphatic heterocycles. The minimum absolute atomic E-state index is 0.223. The maximum atomic E-state index is 2.65. The molecule has 1 fully saturated rings. The van der Waals surface area contributed by atoms with Gasteiger partial charge in [0.1, 0.15) is 0 Å². The van der Waals surface area contributed by atoms with E-state index in [2.05, 4.69) is 130 Å². The number of nitrogens with zero attached hydrogens (tertiary/aromatic N) is 2. The maximum Gasteiger partial charge on any atom is 0.0607 e. The van der Waals surface area contributed by atoms with E-state index in [-0.39, 0.29) is 5.41 Å². The standard InChI is InChI=1S/C42H28N2/c1-2-10-24(11-3-1)26-21-20-25-22-34(26)42-33-16-8-14-27(33)30-15-9-19-37(38(30)42)44-36-18-7-5-13-29(36)32-23-31-28-12-4-6-17-35(28)43(25)40(31)39(42)41(32)44/h1-7,9-13,15,17-23,27,33H,8,14,16H2. The van der Waals surface area contributed by atoms with Crippen LogP contribution in [-0.2, 0) is 5.41 Å². The molecule has 6 aromatic carbocycles. The molecule has 2 nitrogen and oxygen atoms in total. The van der Waals surface area contributed by atoms with Crippen molar-refractivity contribution in [3.63, 3.8) is 0 Å². The number of para-hydroxylation sites is 2. The van der Waals surface area contributed by atoms with Gasteiger partial charge < -0.3 is 9.13 Å². The topological polar surface area (TPSA) is 9.86 Å². The van der Waals surface area contributed by atoms with Gasteiger partial charge in [0.15, 0.2) is 0 Å². The molecule has 44 heavy (non-hydrogen) atoms. The van der Waals surface area contributed by atoms with Crippen molar-refractivity contribution in [1.82, 2.24) is 9.13 Å². The van der Waals surface area contributed by atoms with Crippen molar-refractivity contribution < 1.29 is 0 Å². The minimum atomic E-state index is -0.223. The summed E-state index contributed by atoms with van der Waals surface area (Å²) in [5.41, 5.74) is 16.8. The lowest BCUT2D eigenvalue weighted by Gasteiger charge is -2.43. The van der Waals surface area contributed by atoms with Crippen molar-refractivity contribution in [2.45, 2.75) is 30.6 Å². The number of hydrogen-bond acceptors (Lipinski definition) is 0.